The fourth-order valence-electron chi connectivity index (χ4n) is 4.20. The Morgan fingerprint density at radius 2 is 1.12 bits per heavy atom. The molecule has 4 aromatic rings. The van der Waals surface area contributed by atoms with Crippen molar-refractivity contribution >= 4 is 31.1 Å². The Morgan fingerprint density at radius 1 is 0.683 bits per heavy atom. The van der Waals surface area contributed by atoms with E-state index >= 15 is 0 Å². The molecule has 218 valence electrons. The van der Waals surface area contributed by atoms with E-state index in [1.54, 1.807) is 0 Å². The minimum absolute atomic E-state index is 0.0146. The van der Waals surface area contributed by atoms with Gasteiger partial charge in [-0.1, -0.05) is 87.7 Å². The van der Waals surface area contributed by atoms with Gasteiger partial charge in [-0.15, -0.1) is 0 Å². The first-order valence-electron chi connectivity index (χ1n) is 13.5. The van der Waals surface area contributed by atoms with Crippen LogP contribution in [-0.2, 0) is 31.1 Å². The first-order chi connectivity index (χ1) is 19.6. The number of hydrogen-bond acceptors (Lipinski definition) is 6. The maximum absolute atomic E-state index is 12.3. The van der Waals surface area contributed by atoms with E-state index in [0.29, 0.717) is 0 Å². The quantitative estimate of drug-likeness (QED) is 0.0946. The van der Waals surface area contributed by atoms with E-state index < -0.39 is 20.2 Å². The SMILES string of the molecule is CCCCC(CC)CS(=O)(=O)c1ccc(OS(=O)(=O)[O-])cc1.c1ccc([S+](c2ccccc2)c2ccccc2)cc1. The second kappa shape index (κ2) is 15.8. The predicted molar refractivity (Wildman–Crippen MR) is 164 cm³/mol. The highest BCUT2D eigenvalue weighted by molar-refractivity contribution is 7.97. The lowest BCUT2D eigenvalue weighted by Gasteiger charge is -2.15. The summed E-state index contributed by atoms with van der Waals surface area (Å²) in [7, 11) is -8.32. The van der Waals surface area contributed by atoms with E-state index in [1.807, 2.05) is 6.92 Å². The third-order valence-corrected chi connectivity index (χ3v) is 10.8. The van der Waals surface area contributed by atoms with Crippen LogP contribution in [0.15, 0.2) is 135 Å². The van der Waals surface area contributed by atoms with Crippen molar-refractivity contribution in [1.29, 1.82) is 0 Å². The molecular weight excluding hydrogens is 577 g/mol. The van der Waals surface area contributed by atoms with Crippen LogP contribution < -0.4 is 4.18 Å². The minimum Gasteiger partial charge on any atom is -0.716 e. The van der Waals surface area contributed by atoms with Crippen molar-refractivity contribution in [1.82, 2.24) is 0 Å². The van der Waals surface area contributed by atoms with Crippen molar-refractivity contribution in [3.63, 3.8) is 0 Å². The molecule has 0 saturated carbocycles. The predicted octanol–water partition coefficient (Wildman–Crippen LogP) is 7.30. The zero-order chi connectivity index (χ0) is 29.7. The van der Waals surface area contributed by atoms with Crippen molar-refractivity contribution in [2.24, 2.45) is 5.92 Å². The van der Waals surface area contributed by atoms with E-state index in [4.69, 9.17) is 0 Å². The molecule has 9 heteroatoms. The van der Waals surface area contributed by atoms with Crippen molar-refractivity contribution in [2.75, 3.05) is 5.75 Å². The van der Waals surface area contributed by atoms with Gasteiger partial charge < -0.3 is 8.74 Å². The summed E-state index contributed by atoms with van der Waals surface area (Å²) in [5, 5.41) is 0. The average Bonchev–Trinajstić information content (AvgIpc) is 2.97. The van der Waals surface area contributed by atoms with Crippen LogP contribution >= 0.6 is 0 Å². The Hall–Kier alpha value is -3.11. The van der Waals surface area contributed by atoms with E-state index in [-0.39, 0.29) is 33.2 Å². The normalized spacial score (nSPS) is 12.3. The topological polar surface area (TPSA) is 101 Å². The van der Waals surface area contributed by atoms with Gasteiger partial charge in [0.1, 0.15) is 5.75 Å². The number of unbranched alkanes of at least 4 members (excludes halogenated alkanes) is 1. The molecule has 1 unspecified atom stereocenters. The summed E-state index contributed by atoms with van der Waals surface area (Å²) in [6, 6.07) is 37.0. The maximum Gasteiger partial charge on any atom is 0.262 e. The van der Waals surface area contributed by atoms with Gasteiger partial charge >= 0.3 is 0 Å². The van der Waals surface area contributed by atoms with Gasteiger partial charge in [0.05, 0.1) is 21.5 Å². The third kappa shape index (κ3) is 10.7. The second-order valence-electron chi connectivity index (χ2n) is 9.41. The Kier molecular flexibility index (Phi) is 12.5. The molecule has 0 aliphatic heterocycles. The van der Waals surface area contributed by atoms with Crippen LogP contribution in [0.2, 0.25) is 0 Å². The van der Waals surface area contributed by atoms with E-state index in [2.05, 4.69) is 102 Å². The largest absolute Gasteiger partial charge is 0.716 e. The summed E-state index contributed by atoms with van der Waals surface area (Å²) >= 11 is 0. The molecule has 41 heavy (non-hydrogen) atoms. The number of sulfone groups is 1. The molecule has 0 saturated heterocycles. The van der Waals surface area contributed by atoms with Gasteiger partial charge in [0.15, 0.2) is 24.5 Å². The molecule has 4 aromatic carbocycles. The van der Waals surface area contributed by atoms with E-state index in [9.17, 15) is 21.4 Å². The second-order valence-corrected chi connectivity index (χ2v) is 14.5. The highest BCUT2D eigenvalue weighted by Crippen LogP contribution is 2.30. The smallest absolute Gasteiger partial charge is 0.262 e. The van der Waals surface area contributed by atoms with Crippen molar-refractivity contribution in [3.8, 4) is 5.75 Å². The van der Waals surface area contributed by atoms with Crippen LogP contribution in [0.5, 0.6) is 5.75 Å². The fraction of sp³-hybridized carbons (Fsp3) is 0.250. The zero-order valence-corrected chi connectivity index (χ0v) is 25.7. The molecule has 0 heterocycles. The number of benzene rings is 4. The zero-order valence-electron chi connectivity index (χ0n) is 23.3. The van der Waals surface area contributed by atoms with Gasteiger partial charge in [0.2, 0.25) is 0 Å². The molecule has 0 radical (unpaired) electrons. The average molecular weight is 613 g/mol. The summed E-state index contributed by atoms with van der Waals surface area (Å²) in [6.45, 7) is 4.02. The van der Waals surface area contributed by atoms with Gasteiger partial charge in [-0.05, 0) is 73.0 Å². The molecule has 1 atom stereocenters. The third-order valence-electron chi connectivity index (χ3n) is 6.32. The highest BCUT2D eigenvalue weighted by Gasteiger charge is 2.27. The highest BCUT2D eigenvalue weighted by atomic mass is 32.3. The van der Waals surface area contributed by atoms with Gasteiger partial charge in [-0.3, -0.25) is 0 Å². The van der Waals surface area contributed by atoms with Gasteiger partial charge in [0, 0.05) is 0 Å². The van der Waals surface area contributed by atoms with Crippen LogP contribution in [0.4, 0.5) is 0 Å². The Balaban J connectivity index is 0.000000227. The molecule has 0 bridgehead atoms. The first-order valence-corrected chi connectivity index (χ1v) is 17.7. The van der Waals surface area contributed by atoms with Crippen molar-refractivity contribution in [3.05, 3.63) is 115 Å². The van der Waals surface area contributed by atoms with Crippen LogP contribution in [0.3, 0.4) is 0 Å². The van der Waals surface area contributed by atoms with E-state index in [1.165, 1.54) is 26.8 Å². The Morgan fingerprint density at radius 3 is 1.49 bits per heavy atom. The summed E-state index contributed by atoms with van der Waals surface area (Å²) in [4.78, 5) is 4.18. The molecular formula is C32H36O6S3. The lowest BCUT2D eigenvalue weighted by atomic mass is 10.0. The molecule has 0 aromatic heterocycles. The van der Waals surface area contributed by atoms with Crippen LogP contribution in [0, 0.1) is 5.92 Å². The summed E-state index contributed by atoms with van der Waals surface area (Å²) in [5.74, 6) is -0.0429. The molecule has 0 fully saturated rings. The molecule has 4 rings (SSSR count). The number of rotatable bonds is 12. The van der Waals surface area contributed by atoms with Crippen LogP contribution in [0.25, 0.3) is 0 Å². The first kappa shape index (κ1) is 32.4. The summed E-state index contributed by atoms with van der Waals surface area (Å²) < 4.78 is 60.2. The Bertz CT molecular complexity index is 1430. The molecule has 6 nitrogen and oxygen atoms in total. The van der Waals surface area contributed by atoms with Gasteiger partial charge in [-0.25, -0.2) is 16.8 Å². The summed E-state index contributed by atoms with van der Waals surface area (Å²) in [6.07, 6.45) is 3.66. The molecule has 0 aliphatic rings. The Labute approximate surface area is 247 Å². The molecule has 0 spiro atoms. The number of hydrogen-bond donors (Lipinski definition) is 0. The van der Waals surface area contributed by atoms with Crippen molar-refractivity contribution in [2.45, 2.75) is 59.1 Å². The van der Waals surface area contributed by atoms with Crippen LogP contribution in [-0.4, -0.2) is 27.1 Å². The minimum atomic E-state index is -4.86. The van der Waals surface area contributed by atoms with Gasteiger partial charge in [-0.2, -0.15) is 0 Å². The lowest BCUT2D eigenvalue weighted by Crippen LogP contribution is -2.16. The molecule has 0 amide bonds. The molecule has 0 N–H and O–H groups in total. The monoisotopic (exact) mass is 612 g/mol. The van der Waals surface area contributed by atoms with Gasteiger partial charge in [0.25, 0.3) is 10.4 Å². The lowest BCUT2D eigenvalue weighted by molar-refractivity contribution is 0.372. The fourth-order valence-corrected chi connectivity index (χ4v) is 8.42. The maximum atomic E-state index is 12.3. The van der Waals surface area contributed by atoms with E-state index in [0.717, 1.165) is 37.8 Å². The standard InChI is InChI=1S/C18H15S.C14H22O6S2/c1-4-10-16(11-5-1)19(17-12-6-2-7-13-17)18-14-8-3-9-15-18;1-3-5-6-12(4-2)11-21(15,16)14-9-7-13(8-10-14)20-22(17,18)19/h1-15H;7-10,12H,3-6,11H2,1-2H3,(H,17,18,19)/q+1;/p-1. The summed E-state index contributed by atoms with van der Waals surface area (Å²) in [5.41, 5.74) is 0. The van der Waals surface area contributed by atoms with Crippen molar-refractivity contribution < 1.29 is 25.6 Å². The van der Waals surface area contributed by atoms with Crippen LogP contribution in [0.1, 0.15) is 39.5 Å². The molecule has 0 aliphatic carbocycles.